The minimum absolute atomic E-state index is 0.747. The standard InChI is InChI=1S/C12H10N4/c13-9-3-1-2-8(6-9)10-7-11-12(16-10)15-5-4-14-11/h1-7H,13H2,(H,15,16). The number of hydrogen-bond acceptors (Lipinski definition) is 3. The van der Waals surface area contributed by atoms with Gasteiger partial charge in [0.1, 0.15) is 5.52 Å². The predicted octanol–water partition coefficient (Wildman–Crippen LogP) is 2.21. The first-order chi connectivity index (χ1) is 7.83. The first-order valence-electron chi connectivity index (χ1n) is 4.98. The average molecular weight is 210 g/mol. The van der Waals surface area contributed by atoms with Crippen LogP contribution in [0.25, 0.3) is 22.4 Å². The van der Waals surface area contributed by atoms with Crippen molar-refractivity contribution in [2.45, 2.75) is 0 Å². The molecule has 0 spiro atoms. The predicted molar refractivity (Wildman–Crippen MR) is 63.7 cm³/mol. The van der Waals surface area contributed by atoms with Crippen molar-refractivity contribution < 1.29 is 0 Å². The van der Waals surface area contributed by atoms with Crippen LogP contribution in [0.5, 0.6) is 0 Å². The van der Waals surface area contributed by atoms with Crippen LogP contribution in [-0.4, -0.2) is 15.0 Å². The molecule has 3 N–H and O–H groups in total. The van der Waals surface area contributed by atoms with Crippen molar-refractivity contribution >= 4 is 16.9 Å². The lowest BCUT2D eigenvalue weighted by atomic mass is 10.1. The molecule has 0 aliphatic carbocycles. The average Bonchev–Trinajstić information content (AvgIpc) is 2.72. The number of hydrogen-bond donors (Lipinski definition) is 2. The van der Waals surface area contributed by atoms with E-state index < -0.39 is 0 Å². The van der Waals surface area contributed by atoms with Crippen LogP contribution in [0.3, 0.4) is 0 Å². The third-order valence-electron chi connectivity index (χ3n) is 2.46. The SMILES string of the molecule is Nc1cccc(-c2cc3nccnc3[nH]2)c1. The van der Waals surface area contributed by atoms with Gasteiger partial charge >= 0.3 is 0 Å². The monoisotopic (exact) mass is 210 g/mol. The third-order valence-corrected chi connectivity index (χ3v) is 2.46. The second-order valence-corrected chi connectivity index (χ2v) is 3.60. The number of fused-ring (bicyclic) bond motifs is 1. The number of H-pyrrole nitrogens is 1. The Kier molecular flexibility index (Phi) is 1.86. The van der Waals surface area contributed by atoms with Crippen molar-refractivity contribution in [1.82, 2.24) is 15.0 Å². The Hall–Kier alpha value is -2.36. The number of nitrogens with one attached hydrogen (secondary N) is 1. The molecule has 0 unspecified atom stereocenters. The second-order valence-electron chi connectivity index (χ2n) is 3.60. The highest BCUT2D eigenvalue weighted by Gasteiger charge is 2.04. The lowest BCUT2D eigenvalue weighted by Gasteiger charge is -1.98. The molecule has 3 aromatic rings. The topological polar surface area (TPSA) is 67.6 Å². The normalized spacial score (nSPS) is 10.8. The Balaban J connectivity index is 2.19. The molecule has 78 valence electrons. The van der Waals surface area contributed by atoms with Gasteiger partial charge in [0.05, 0.1) is 0 Å². The van der Waals surface area contributed by atoms with Crippen LogP contribution in [-0.2, 0) is 0 Å². The summed E-state index contributed by atoms with van der Waals surface area (Å²) < 4.78 is 0. The van der Waals surface area contributed by atoms with Gasteiger partial charge in [0, 0.05) is 29.3 Å². The summed E-state index contributed by atoms with van der Waals surface area (Å²) in [5, 5.41) is 0. The number of benzene rings is 1. The van der Waals surface area contributed by atoms with E-state index in [2.05, 4.69) is 15.0 Å². The van der Waals surface area contributed by atoms with Crippen LogP contribution < -0.4 is 5.73 Å². The molecule has 0 fully saturated rings. The Morgan fingerprint density at radius 3 is 2.75 bits per heavy atom. The highest BCUT2D eigenvalue weighted by molar-refractivity contribution is 5.80. The molecule has 1 aromatic carbocycles. The van der Waals surface area contributed by atoms with Crippen molar-refractivity contribution in [2.24, 2.45) is 0 Å². The summed E-state index contributed by atoms with van der Waals surface area (Å²) in [5.74, 6) is 0. The summed E-state index contributed by atoms with van der Waals surface area (Å²) >= 11 is 0. The van der Waals surface area contributed by atoms with E-state index >= 15 is 0 Å². The van der Waals surface area contributed by atoms with Gasteiger partial charge in [-0.3, -0.25) is 4.98 Å². The minimum Gasteiger partial charge on any atom is -0.399 e. The molecular weight excluding hydrogens is 200 g/mol. The number of rotatable bonds is 1. The maximum atomic E-state index is 5.75. The molecule has 4 heteroatoms. The van der Waals surface area contributed by atoms with E-state index in [0.717, 1.165) is 28.1 Å². The van der Waals surface area contributed by atoms with Crippen LogP contribution >= 0.6 is 0 Å². The molecule has 16 heavy (non-hydrogen) atoms. The summed E-state index contributed by atoms with van der Waals surface area (Å²) in [6.45, 7) is 0. The van der Waals surface area contributed by atoms with E-state index in [1.165, 1.54) is 0 Å². The van der Waals surface area contributed by atoms with Gasteiger partial charge in [-0.25, -0.2) is 4.98 Å². The quantitative estimate of drug-likeness (QED) is 0.605. The third kappa shape index (κ3) is 1.40. The minimum atomic E-state index is 0.747. The van der Waals surface area contributed by atoms with E-state index in [9.17, 15) is 0 Å². The summed E-state index contributed by atoms with van der Waals surface area (Å²) in [6.07, 6.45) is 3.35. The summed E-state index contributed by atoms with van der Waals surface area (Å²) in [6, 6.07) is 9.68. The molecule has 2 aromatic heterocycles. The van der Waals surface area contributed by atoms with Gasteiger partial charge in [-0.1, -0.05) is 12.1 Å². The van der Waals surface area contributed by atoms with E-state index in [0.29, 0.717) is 0 Å². The molecular formula is C12H10N4. The maximum Gasteiger partial charge on any atom is 0.156 e. The zero-order chi connectivity index (χ0) is 11.0. The van der Waals surface area contributed by atoms with Gasteiger partial charge in [0.15, 0.2) is 5.65 Å². The Morgan fingerprint density at radius 2 is 1.94 bits per heavy atom. The van der Waals surface area contributed by atoms with Gasteiger partial charge in [0.25, 0.3) is 0 Å². The second kappa shape index (κ2) is 3.34. The van der Waals surface area contributed by atoms with Crippen molar-refractivity contribution in [1.29, 1.82) is 0 Å². The molecule has 0 saturated heterocycles. The highest BCUT2D eigenvalue weighted by atomic mass is 14.9. The fourth-order valence-corrected chi connectivity index (χ4v) is 1.71. The number of anilines is 1. The molecule has 2 heterocycles. The molecule has 0 radical (unpaired) electrons. The number of nitrogen functional groups attached to an aromatic ring is 1. The first-order valence-corrected chi connectivity index (χ1v) is 4.98. The van der Waals surface area contributed by atoms with Crippen LogP contribution in [0.4, 0.5) is 5.69 Å². The van der Waals surface area contributed by atoms with Gasteiger partial charge in [-0.15, -0.1) is 0 Å². The molecule has 0 amide bonds. The number of aromatic amines is 1. The maximum absolute atomic E-state index is 5.75. The number of nitrogens with zero attached hydrogens (tertiary/aromatic N) is 2. The molecule has 4 nitrogen and oxygen atoms in total. The van der Waals surface area contributed by atoms with Crippen molar-refractivity contribution in [3.63, 3.8) is 0 Å². The zero-order valence-corrected chi connectivity index (χ0v) is 8.51. The molecule has 3 rings (SSSR count). The molecule has 0 bridgehead atoms. The van der Waals surface area contributed by atoms with E-state index in [1.54, 1.807) is 12.4 Å². The zero-order valence-electron chi connectivity index (χ0n) is 8.51. The molecule has 0 saturated carbocycles. The lowest BCUT2D eigenvalue weighted by molar-refractivity contribution is 1.26. The fraction of sp³-hybridized carbons (Fsp3) is 0. The van der Waals surface area contributed by atoms with Crippen LogP contribution in [0.15, 0.2) is 42.7 Å². The summed E-state index contributed by atoms with van der Waals surface area (Å²) in [5.41, 5.74) is 10.2. The van der Waals surface area contributed by atoms with E-state index in [4.69, 9.17) is 5.73 Å². The smallest absolute Gasteiger partial charge is 0.156 e. The van der Waals surface area contributed by atoms with E-state index in [-0.39, 0.29) is 0 Å². The van der Waals surface area contributed by atoms with Crippen LogP contribution in [0, 0.1) is 0 Å². The lowest BCUT2D eigenvalue weighted by Crippen LogP contribution is -1.84. The molecule has 0 atom stereocenters. The summed E-state index contributed by atoms with van der Waals surface area (Å²) in [4.78, 5) is 11.6. The largest absolute Gasteiger partial charge is 0.399 e. The number of aromatic nitrogens is 3. The van der Waals surface area contributed by atoms with Gasteiger partial charge in [0.2, 0.25) is 0 Å². The Morgan fingerprint density at radius 1 is 1.06 bits per heavy atom. The summed E-state index contributed by atoms with van der Waals surface area (Å²) in [7, 11) is 0. The van der Waals surface area contributed by atoms with Gasteiger partial charge in [-0.2, -0.15) is 0 Å². The molecule has 0 aliphatic heterocycles. The Bertz CT molecular complexity index is 609. The van der Waals surface area contributed by atoms with Gasteiger partial charge < -0.3 is 10.7 Å². The van der Waals surface area contributed by atoms with Crippen LogP contribution in [0.1, 0.15) is 0 Å². The van der Waals surface area contributed by atoms with Gasteiger partial charge in [-0.05, 0) is 18.2 Å². The van der Waals surface area contributed by atoms with Crippen LogP contribution in [0.2, 0.25) is 0 Å². The van der Waals surface area contributed by atoms with Crippen molar-refractivity contribution in [3.8, 4) is 11.3 Å². The Labute approximate surface area is 92.2 Å². The van der Waals surface area contributed by atoms with E-state index in [1.807, 2.05) is 30.3 Å². The first kappa shape index (κ1) is 8.91. The fourth-order valence-electron chi connectivity index (χ4n) is 1.71. The highest BCUT2D eigenvalue weighted by Crippen LogP contribution is 2.23. The van der Waals surface area contributed by atoms with Crippen molar-refractivity contribution in [3.05, 3.63) is 42.7 Å². The number of nitrogens with two attached hydrogens (primary N) is 1. The molecule has 0 aliphatic rings. The van der Waals surface area contributed by atoms with Crippen molar-refractivity contribution in [2.75, 3.05) is 5.73 Å².